The number of pyridine rings is 1. The molecule has 1 radical (unpaired) electrons. The average Bonchev–Trinajstić information content (AvgIpc) is 2.26. The lowest BCUT2D eigenvalue weighted by Gasteiger charge is -2.01. The molecule has 14 heavy (non-hydrogen) atoms. The van der Waals surface area contributed by atoms with Crippen LogP contribution in [0, 0.1) is 0 Å². The number of para-hydroxylation sites is 1. The molecule has 2 aromatic rings. The number of nitrogens with one attached hydrogen (secondary N) is 1. The summed E-state index contributed by atoms with van der Waals surface area (Å²) in [5.41, 5.74) is 1.94. The first kappa shape index (κ1) is 8.69. The van der Waals surface area contributed by atoms with Crippen LogP contribution >= 0.6 is 0 Å². The second-order valence-corrected chi connectivity index (χ2v) is 2.99. The Hall–Kier alpha value is -1.90. The molecule has 2 rings (SSSR count). The number of fused-ring (bicyclic) bond motifs is 1. The SMILES string of the molecule is O=[C]NCc1cnc2ccccc2c1. The predicted molar refractivity (Wildman–Crippen MR) is 54.3 cm³/mol. The molecule has 0 saturated heterocycles. The largest absolute Gasteiger partial charge is 0.344 e. The van der Waals surface area contributed by atoms with E-state index in [0.717, 1.165) is 16.5 Å². The van der Waals surface area contributed by atoms with Crippen molar-refractivity contribution in [1.29, 1.82) is 0 Å². The molecule has 3 nitrogen and oxygen atoms in total. The van der Waals surface area contributed by atoms with Gasteiger partial charge in [-0.25, -0.2) is 0 Å². The van der Waals surface area contributed by atoms with Crippen LogP contribution in [0.3, 0.4) is 0 Å². The van der Waals surface area contributed by atoms with Gasteiger partial charge in [-0.1, -0.05) is 18.2 Å². The molecule has 0 aliphatic heterocycles. The Morgan fingerprint density at radius 2 is 2.21 bits per heavy atom. The Morgan fingerprint density at radius 3 is 3.07 bits per heavy atom. The minimum absolute atomic E-state index is 0.474. The zero-order valence-corrected chi connectivity index (χ0v) is 7.53. The lowest BCUT2D eigenvalue weighted by Crippen LogP contribution is -2.09. The van der Waals surface area contributed by atoms with Crippen LogP contribution in [0.4, 0.5) is 0 Å². The summed E-state index contributed by atoms with van der Waals surface area (Å²) < 4.78 is 0. The fraction of sp³-hybridized carbons (Fsp3) is 0.0909. The summed E-state index contributed by atoms with van der Waals surface area (Å²) in [6, 6.07) is 9.88. The smallest absolute Gasteiger partial charge is 0.309 e. The van der Waals surface area contributed by atoms with Crippen LogP contribution in [0.1, 0.15) is 5.56 Å². The third-order valence-electron chi connectivity index (χ3n) is 2.01. The molecule has 1 N–H and O–H groups in total. The van der Waals surface area contributed by atoms with Gasteiger partial charge >= 0.3 is 6.41 Å². The molecular weight excluding hydrogens is 176 g/mol. The number of hydrogen-bond acceptors (Lipinski definition) is 2. The first-order valence-corrected chi connectivity index (χ1v) is 4.34. The van der Waals surface area contributed by atoms with Crippen LogP contribution in [-0.2, 0) is 11.3 Å². The summed E-state index contributed by atoms with van der Waals surface area (Å²) in [6.07, 6.45) is 3.39. The number of benzene rings is 1. The van der Waals surface area contributed by atoms with E-state index in [4.69, 9.17) is 0 Å². The molecule has 0 atom stereocenters. The molecule has 0 aliphatic rings. The second kappa shape index (κ2) is 3.87. The third kappa shape index (κ3) is 1.71. The Morgan fingerprint density at radius 1 is 1.36 bits per heavy atom. The number of amides is 1. The molecule has 1 heterocycles. The average molecular weight is 185 g/mol. The van der Waals surface area contributed by atoms with Crippen LogP contribution in [0.25, 0.3) is 10.9 Å². The first-order valence-electron chi connectivity index (χ1n) is 4.34. The van der Waals surface area contributed by atoms with E-state index >= 15 is 0 Å². The monoisotopic (exact) mass is 185 g/mol. The highest BCUT2D eigenvalue weighted by Gasteiger charge is 1.96. The number of aromatic nitrogens is 1. The number of carbonyl (C=O) groups excluding carboxylic acids is 1. The first-order chi connectivity index (χ1) is 6.90. The predicted octanol–water partition coefficient (Wildman–Crippen LogP) is 1.39. The topological polar surface area (TPSA) is 42.0 Å². The highest BCUT2D eigenvalue weighted by Crippen LogP contribution is 2.12. The zero-order chi connectivity index (χ0) is 9.80. The molecule has 3 heteroatoms. The third-order valence-corrected chi connectivity index (χ3v) is 2.01. The number of hydrogen-bond donors (Lipinski definition) is 1. The Labute approximate surface area is 81.8 Å². The van der Waals surface area contributed by atoms with E-state index in [9.17, 15) is 4.79 Å². The Balaban J connectivity index is 2.36. The van der Waals surface area contributed by atoms with Crippen molar-refractivity contribution >= 4 is 17.3 Å². The van der Waals surface area contributed by atoms with Gasteiger partial charge in [-0.3, -0.25) is 9.78 Å². The van der Waals surface area contributed by atoms with Crippen LogP contribution in [0.15, 0.2) is 36.5 Å². The summed E-state index contributed by atoms with van der Waals surface area (Å²) in [4.78, 5) is 14.2. The number of rotatable bonds is 3. The van der Waals surface area contributed by atoms with Gasteiger partial charge in [0, 0.05) is 18.1 Å². The maximum absolute atomic E-state index is 9.99. The van der Waals surface area contributed by atoms with E-state index in [0.29, 0.717) is 6.54 Å². The van der Waals surface area contributed by atoms with E-state index < -0.39 is 0 Å². The molecule has 1 amide bonds. The van der Waals surface area contributed by atoms with Crippen molar-refractivity contribution in [3.05, 3.63) is 42.1 Å². The molecule has 0 unspecified atom stereocenters. The van der Waals surface area contributed by atoms with Crippen LogP contribution in [0.5, 0.6) is 0 Å². The Kier molecular flexibility index (Phi) is 2.40. The van der Waals surface area contributed by atoms with Crippen LogP contribution in [0.2, 0.25) is 0 Å². The summed E-state index contributed by atoms with van der Waals surface area (Å²) in [7, 11) is 0. The van der Waals surface area contributed by atoms with Crippen molar-refractivity contribution < 1.29 is 4.79 Å². The van der Waals surface area contributed by atoms with Crippen molar-refractivity contribution in [3.63, 3.8) is 0 Å². The standard InChI is InChI=1S/C11H9N2O/c14-8-12-6-9-5-10-3-1-2-4-11(10)13-7-9/h1-5,7H,6H2,(H,12,14). The van der Waals surface area contributed by atoms with Gasteiger partial charge in [-0.2, -0.15) is 0 Å². The van der Waals surface area contributed by atoms with Gasteiger partial charge in [-0.15, -0.1) is 0 Å². The summed E-state index contributed by atoms with van der Waals surface area (Å²) in [5, 5.41) is 3.56. The molecular formula is C11H9N2O. The minimum Gasteiger partial charge on any atom is -0.344 e. The molecule has 69 valence electrons. The van der Waals surface area contributed by atoms with Crippen molar-refractivity contribution in [2.24, 2.45) is 0 Å². The normalized spacial score (nSPS) is 10.0. The summed E-state index contributed by atoms with van der Waals surface area (Å²) in [6.45, 7) is 0.474. The van der Waals surface area contributed by atoms with E-state index in [2.05, 4.69) is 10.3 Å². The zero-order valence-electron chi connectivity index (χ0n) is 7.53. The Bertz CT molecular complexity index is 454. The van der Waals surface area contributed by atoms with Crippen molar-refractivity contribution in [2.75, 3.05) is 0 Å². The van der Waals surface area contributed by atoms with Crippen molar-refractivity contribution in [2.45, 2.75) is 6.54 Å². The highest BCUT2D eigenvalue weighted by atomic mass is 16.1. The molecule has 0 spiro atoms. The molecule has 1 aromatic carbocycles. The summed E-state index contributed by atoms with van der Waals surface area (Å²) in [5.74, 6) is 0. The second-order valence-electron chi connectivity index (χ2n) is 2.99. The molecule has 0 fully saturated rings. The van der Waals surface area contributed by atoms with Crippen molar-refractivity contribution in [1.82, 2.24) is 10.3 Å². The van der Waals surface area contributed by atoms with E-state index in [1.807, 2.05) is 30.3 Å². The highest BCUT2D eigenvalue weighted by molar-refractivity contribution is 5.78. The molecule has 1 aromatic heterocycles. The molecule has 0 aliphatic carbocycles. The van der Waals surface area contributed by atoms with E-state index in [1.54, 1.807) is 12.6 Å². The van der Waals surface area contributed by atoms with Gasteiger partial charge in [0.05, 0.1) is 5.52 Å². The molecule has 0 bridgehead atoms. The van der Waals surface area contributed by atoms with Crippen molar-refractivity contribution in [3.8, 4) is 0 Å². The lowest BCUT2D eigenvalue weighted by atomic mass is 10.1. The maximum Gasteiger partial charge on any atom is 0.309 e. The van der Waals surface area contributed by atoms with Gasteiger partial charge in [0.25, 0.3) is 0 Å². The van der Waals surface area contributed by atoms with Gasteiger partial charge in [-0.05, 0) is 17.7 Å². The van der Waals surface area contributed by atoms with Gasteiger partial charge < -0.3 is 5.32 Å². The summed E-state index contributed by atoms with van der Waals surface area (Å²) >= 11 is 0. The van der Waals surface area contributed by atoms with E-state index in [-0.39, 0.29) is 0 Å². The minimum atomic E-state index is 0.474. The molecule has 0 saturated carbocycles. The fourth-order valence-corrected chi connectivity index (χ4v) is 1.35. The fourth-order valence-electron chi connectivity index (χ4n) is 1.35. The van der Waals surface area contributed by atoms with Crippen LogP contribution in [-0.4, -0.2) is 11.4 Å². The maximum atomic E-state index is 9.99. The van der Waals surface area contributed by atoms with E-state index in [1.165, 1.54) is 0 Å². The van der Waals surface area contributed by atoms with Gasteiger partial charge in [0.1, 0.15) is 0 Å². The number of nitrogens with zero attached hydrogens (tertiary/aromatic N) is 1. The lowest BCUT2D eigenvalue weighted by molar-refractivity contribution is 0.542. The quantitative estimate of drug-likeness (QED) is 0.734. The van der Waals surface area contributed by atoms with Gasteiger partial charge in [0.2, 0.25) is 0 Å². The van der Waals surface area contributed by atoms with Crippen LogP contribution < -0.4 is 5.32 Å². The van der Waals surface area contributed by atoms with Gasteiger partial charge in [0.15, 0.2) is 0 Å².